The molecule has 1 atom stereocenters. The summed E-state index contributed by atoms with van der Waals surface area (Å²) in [6, 6.07) is 4.15. The lowest BCUT2D eigenvalue weighted by Crippen LogP contribution is -2.31. The van der Waals surface area contributed by atoms with E-state index < -0.39 is 0 Å². The fourth-order valence-corrected chi connectivity index (χ4v) is 2.16. The second kappa shape index (κ2) is 5.46. The SMILES string of the molecule is COc1nc(C2=NCCON2)ccc1N1C=NC(C)C1. The summed E-state index contributed by atoms with van der Waals surface area (Å²) in [5.41, 5.74) is 4.38. The zero-order valence-corrected chi connectivity index (χ0v) is 11.5. The summed E-state index contributed by atoms with van der Waals surface area (Å²) < 4.78 is 5.39. The van der Waals surface area contributed by atoms with Gasteiger partial charge in [0.2, 0.25) is 5.88 Å². The van der Waals surface area contributed by atoms with Gasteiger partial charge >= 0.3 is 0 Å². The number of aromatic nitrogens is 1. The highest BCUT2D eigenvalue weighted by molar-refractivity contribution is 5.97. The predicted octanol–water partition coefficient (Wildman–Crippen LogP) is 0.608. The quantitative estimate of drug-likeness (QED) is 0.875. The first-order valence-electron chi connectivity index (χ1n) is 6.55. The number of aliphatic imine (C=N–C) groups is 2. The lowest BCUT2D eigenvalue weighted by molar-refractivity contribution is 0.0824. The van der Waals surface area contributed by atoms with Crippen LogP contribution < -0.4 is 15.1 Å². The normalized spacial score (nSPS) is 21.6. The Morgan fingerprint density at radius 3 is 3.00 bits per heavy atom. The molecule has 3 heterocycles. The van der Waals surface area contributed by atoms with Crippen molar-refractivity contribution in [2.75, 3.05) is 31.7 Å². The summed E-state index contributed by atoms with van der Waals surface area (Å²) in [4.78, 5) is 20.4. The molecule has 0 spiro atoms. The lowest BCUT2D eigenvalue weighted by Gasteiger charge is -2.19. The van der Waals surface area contributed by atoms with Crippen molar-refractivity contribution in [3.8, 4) is 5.88 Å². The Morgan fingerprint density at radius 2 is 2.35 bits per heavy atom. The first kappa shape index (κ1) is 12.9. The Morgan fingerprint density at radius 1 is 1.45 bits per heavy atom. The molecule has 3 rings (SSSR count). The minimum absolute atomic E-state index is 0.289. The highest BCUT2D eigenvalue weighted by atomic mass is 16.6. The number of methoxy groups -OCH3 is 1. The molecule has 0 bridgehead atoms. The molecule has 7 heteroatoms. The number of hydrogen-bond donors (Lipinski definition) is 1. The van der Waals surface area contributed by atoms with Crippen LogP contribution in [0.15, 0.2) is 22.1 Å². The molecule has 0 aliphatic carbocycles. The Kier molecular flexibility index (Phi) is 3.51. The number of nitrogens with zero attached hydrogens (tertiary/aromatic N) is 4. The highest BCUT2D eigenvalue weighted by Gasteiger charge is 2.20. The molecule has 1 aromatic rings. The summed E-state index contributed by atoms with van der Waals surface area (Å²) in [6.07, 6.45) is 1.82. The summed E-state index contributed by atoms with van der Waals surface area (Å²) in [5, 5.41) is 0. The van der Waals surface area contributed by atoms with E-state index in [1.165, 1.54) is 0 Å². The Hall–Kier alpha value is -2.15. The molecule has 2 aliphatic heterocycles. The van der Waals surface area contributed by atoms with Crippen LogP contribution >= 0.6 is 0 Å². The van der Waals surface area contributed by atoms with Crippen molar-refractivity contribution in [1.29, 1.82) is 0 Å². The van der Waals surface area contributed by atoms with Gasteiger partial charge in [0, 0.05) is 6.54 Å². The zero-order valence-electron chi connectivity index (χ0n) is 11.5. The van der Waals surface area contributed by atoms with Crippen molar-refractivity contribution in [3.05, 3.63) is 17.8 Å². The molecule has 0 fully saturated rings. The average molecular weight is 275 g/mol. The number of hydroxylamine groups is 1. The molecular weight excluding hydrogens is 258 g/mol. The van der Waals surface area contributed by atoms with E-state index >= 15 is 0 Å². The van der Waals surface area contributed by atoms with Gasteiger partial charge in [0.25, 0.3) is 0 Å². The molecular formula is C13H17N5O2. The van der Waals surface area contributed by atoms with Crippen LogP contribution in [0.3, 0.4) is 0 Å². The van der Waals surface area contributed by atoms with E-state index in [0.29, 0.717) is 30.6 Å². The smallest absolute Gasteiger partial charge is 0.238 e. The monoisotopic (exact) mass is 275 g/mol. The number of pyridine rings is 1. The van der Waals surface area contributed by atoms with Gasteiger partial charge in [-0.1, -0.05) is 0 Å². The van der Waals surface area contributed by atoms with Crippen molar-refractivity contribution in [1.82, 2.24) is 10.5 Å². The molecule has 1 N–H and O–H groups in total. The van der Waals surface area contributed by atoms with Crippen molar-refractivity contribution in [2.24, 2.45) is 9.98 Å². The summed E-state index contributed by atoms with van der Waals surface area (Å²) in [5.74, 6) is 1.18. The van der Waals surface area contributed by atoms with Crippen LogP contribution in [0.4, 0.5) is 5.69 Å². The van der Waals surface area contributed by atoms with Gasteiger partial charge in [0.15, 0.2) is 5.84 Å². The fraction of sp³-hybridized carbons (Fsp3) is 0.462. The molecule has 106 valence electrons. The van der Waals surface area contributed by atoms with E-state index in [9.17, 15) is 0 Å². The van der Waals surface area contributed by atoms with Crippen LogP contribution in [0.5, 0.6) is 5.88 Å². The third kappa shape index (κ3) is 2.44. The van der Waals surface area contributed by atoms with Gasteiger partial charge in [-0.2, -0.15) is 0 Å². The largest absolute Gasteiger partial charge is 0.479 e. The number of rotatable bonds is 3. The fourth-order valence-electron chi connectivity index (χ4n) is 2.16. The maximum absolute atomic E-state index is 5.39. The summed E-state index contributed by atoms with van der Waals surface area (Å²) in [7, 11) is 1.61. The summed E-state index contributed by atoms with van der Waals surface area (Å²) >= 11 is 0. The molecule has 1 unspecified atom stereocenters. The van der Waals surface area contributed by atoms with E-state index in [1.807, 2.05) is 23.4 Å². The van der Waals surface area contributed by atoms with Gasteiger partial charge < -0.3 is 9.64 Å². The number of nitrogens with one attached hydrogen (secondary N) is 1. The molecule has 20 heavy (non-hydrogen) atoms. The number of anilines is 1. The molecule has 0 amide bonds. The van der Waals surface area contributed by atoms with Crippen LogP contribution in [0, 0.1) is 0 Å². The van der Waals surface area contributed by atoms with Gasteiger partial charge in [-0.25, -0.2) is 10.5 Å². The van der Waals surface area contributed by atoms with Gasteiger partial charge in [0.1, 0.15) is 11.4 Å². The van der Waals surface area contributed by atoms with E-state index in [1.54, 1.807) is 7.11 Å². The van der Waals surface area contributed by atoms with Crippen molar-refractivity contribution >= 4 is 17.9 Å². The van der Waals surface area contributed by atoms with Gasteiger partial charge in [-0.3, -0.25) is 14.8 Å². The van der Waals surface area contributed by atoms with Gasteiger partial charge in [-0.05, 0) is 19.1 Å². The second-order valence-corrected chi connectivity index (χ2v) is 4.67. The van der Waals surface area contributed by atoms with E-state index in [0.717, 1.165) is 12.2 Å². The number of ether oxygens (including phenoxy) is 1. The van der Waals surface area contributed by atoms with Crippen molar-refractivity contribution in [2.45, 2.75) is 13.0 Å². The highest BCUT2D eigenvalue weighted by Crippen LogP contribution is 2.27. The number of hydrogen-bond acceptors (Lipinski definition) is 7. The van der Waals surface area contributed by atoms with Gasteiger partial charge in [-0.15, -0.1) is 0 Å². The Labute approximate surface area is 117 Å². The van der Waals surface area contributed by atoms with Crippen LogP contribution in [0.2, 0.25) is 0 Å². The lowest BCUT2D eigenvalue weighted by atomic mass is 10.2. The average Bonchev–Trinajstić information content (AvgIpc) is 2.94. The standard InChI is InChI=1S/C13H17N5O2/c1-9-7-18(8-15-9)11-4-3-10(16-13(11)19-2)12-14-5-6-20-17-12/h3-4,8-9H,5-7H2,1-2H3,(H,14,17). The maximum atomic E-state index is 5.39. The zero-order chi connectivity index (χ0) is 13.9. The molecule has 0 saturated carbocycles. The number of amidine groups is 1. The van der Waals surface area contributed by atoms with Crippen LogP contribution in [0.1, 0.15) is 12.6 Å². The third-order valence-corrected chi connectivity index (χ3v) is 3.14. The molecule has 7 nitrogen and oxygen atoms in total. The van der Waals surface area contributed by atoms with Crippen molar-refractivity contribution in [3.63, 3.8) is 0 Å². The molecule has 0 saturated heterocycles. The first-order valence-corrected chi connectivity index (χ1v) is 6.55. The van der Waals surface area contributed by atoms with E-state index in [2.05, 4.69) is 27.4 Å². The Bertz CT molecular complexity index is 558. The third-order valence-electron chi connectivity index (χ3n) is 3.14. The Balaban J connectivity index is 1.90. The van der Waals surface area contributed by atoms with Crippen molar-refractivity contribution < 1.29 is 9.57 Å². The van der Waals surface area contributed by atoms with E-state index in [-0.39, 0.29) is 6.04 Å². The predicted molar refractivity (Wildman–Crippen MR) is 76.6 cm³/mol. The first-order chi connectivity index (χ1) is 9.78. The van der Waals surface area contributed by atoms with Crippen LogP contribution in [-0.4, -0.2) is 50.0 Å². The van der Waals surface area contributed by atoms with Gasteiger partial charge in [0.05, 0.1) is 32.6 Å². The maximum Gasteiger partial charge on any atom is 0.238 e. The molecule has 0 radical (unpaired) electrons. The molecule has 0 aromatic carbocycles. The summed E-state index contributed by atoms with van der Waals surface area (Å²) in [6.45, 7) is 4.10. The minimum Gasteiger partial charge on any atom is -0.479 e. The molecule has 2 aliphatic rings. The van der Waals surface area contributed by atoms with Crippen LogP contribution in [0.25, 0.3) is 0 Å². The van der Waals surface area contributed by atoms with Crippen LogP contribution in [-0.2, 0) is 4.84 Å². The second-order valence-electron chi connectivity index (χ2n) is 4.67. The molecule has 1 aromatic heterocycles. The topological polar surface area (TPSA) is 71.3 Å². The van der Waals surface area contributed by atoms with E-state index in [4.69, 9.17) is 9.57 Å². The minimum atomic E-state index is 0.289.